The highest BCUT2D eigenvalue weighted by Crippen LogP contribution is 2.30. The molecule has 0 aliphatic carbocycles. The molecule has 4 nitrogen and oxygen atoms in total. The molecule has 3 aromatic carbocycles. The monoisotopic (exact) mass is 470 g/mol. The van der Waals surface area contributed by atoms with Crippen LogP contribution in [0.4, 0.5) is 0 Å². The van der Waals surface area contributed by atoms with Crippen LogP contribution in [-0.2, 0) is 16.1 Å². The van der Waals surface area contributed by atoms with Gasteiger partial charge in [-0.25, -0.2) is 0 Å². The number of carbonyl (C=O) groups is 2. The first-order valence-electron chi connectivity index (χ1n) is 12.7. The summed E-state index contributed by atoms with van der Waals surface area (Å²) >= 11 is 0. The summed E-state index contributed by atoms with van der Waals surface area (Å²) in [4.78, 5) is 29.1. The van der Waals surface area contributed by atoms with Crippen LogP contribution in [0.5, 0.6) is 0 Å². The van der Waals surface area contributed by atoms with Crippen molar-refractivity contribution in [1.82, 2.24) is 10.2 Å². The van der Waals surface area contributed by atoms with Gasteiger partial charge >= 0.3 is 0 Å². The quantitative estimate of drug-likeness (QED) is 0.361. The lowest BCUT2D eigenvalue weighted by Gasteiger charge is -2.33. The second kappa shape index (κ2) is 12.9. The van der Waals surface area contributed by atoms with Crippen molar-refractivity contribution in [3.8, 4) is 0 Å². The molecule has 0 aliphatic heterocycles. The Labute approximate surface area is 210 Å². The highest BCUT2D eigenvalue weighted by molar-refractivity contribution is 5.88. The molecule has 0 saturated carbocycles. The summed E-state index contributed by atoms with van der Waals surface area (Å²) in [6.45, 7) is 8.49. The number of nitrogens with zero attached hydrogens (tertiary/aromatic N) is 1. The summed E-state index contributed by atoms with van der Waals surface area (Å²) in [6.07, 6.45) is 1.70. The van der Waals surface area contributed by atoms with Crippen molar-refractivity contribution in [1.29, 1.82) is 0 Å². The van der Waals surface area contributed by atoms with Gasteiger partial charge in [0.2, 0.25) is 11.8 Å². The molecule has 0 spiro atoms. The van der Waals surface area contributed by atoms with Crippen molar-refractivity contribution in [2.45, 2.75) is 71.5 Å². The summed E-state index contributed by atoms with van der Waals surface area (Å²) < 4.78 is 0. The Morgan fingerprint density at radius 3 is 1.86 bits per heavy atom. The van der Waals surface area contributed by atoms with Crippen LogP contribution in [0.15, 0.2) is 84.9 Å². The second-order valence-electron chi connectivity index (χ2n) is 9.27. The lowest BCUT2D eigenvalue weighted by Crippen LogP contribution is -2.51. The maximum absolute atomic E-state index is 14.0. The van der Waals surface area contributed by atoms with E-state index >= 15 is 0 Å². The smallest absolute Gasteiger partial charge is 0.243 e. The second-order valence-corrected chi connectivity index (χ2v) is 9.27. The summed E-state index contributed by atoms with van der Waals surface area (Å²) in [6, 6.07) is 27.9. The zero-order valence-corrected chi connectivity index (χ0v) is 21.4. The van der Waals surface area contributed by atoms with Crippen LogP contribution in [0.25, 0.3) is 0 Å². The van der Waals surface area contributed by atoms with E-state index in [0.29, 0.717) is 19.4 Å². The van der Waals surface area contributed by atoms with Gasteiger partial charge in [0.1, 0.15) is 6.04 Å². The van der Waals surface area contributed by atoms with Crippen LogP contribution in [-0.4, -0.2) is 28.8 Å². The Morgan fingerprint density at radius 1 is 0.800 bits per heavy atom. The maximum atomic E-state index is 14.0. The number of amides is 2. The minimum Gasteiger partial charge on any atom is -0.352 e. The van der Waals surface area contributed by atoms with Crippen LogP contribution < -0.4 is 5.32 Å². The summed E-state index contributed by atoms with van der Waals surface area (Å²) in [5.41, 5.74) is 4.37. The van der Waals surface area contributed by atoms with E-state index in [1.807, 2.05) is 75.4 Å². The van der Waals surface area contributed by atoms with Crippen LogP contribution in [0.2, 0.25) is 0 Å². The minimum absolute atomic E-state index is 0.0166. The Hall–Kier alpha value is -3.40. The Morgan fingerprint density at radius 2 is 1.34 bits per heavy atom. The SMILES string of the molecule is CC[C@@H](C)NC(=O)[C@H](CC)N(Cc1ccccc1C)C(=O)CC(c1ccccc1)c1ccccc1. The number of aryl methyl sites for hydroxylation is 1. The van der Waals surface area contributed by atoms with E-state index in [4.69, 9.17) is 0 Å². The van der Waals surface area contributed by atoms with Gasteiger partial charge in [-0.1, -0.05) is 98.8 Å². The molecule has 0 aromatic heterocycles. The molecule has 2 atom stereocenters. The zero-order valence-electron chi connectivity index (χ0n) is 21.4. The van der Waals surface area contributed by atoms with Crippen LogP contribution in [0, 0.1) is 6.92 Å². The topological polar surface area (TPSA) is 49.4 Å². The molecule has 0 unspecified atom stereocenters. The molecule has 1 N–H and O–H groups in total. The molecule has 0 heterocycles. The Balaban J connectivity index is 1.96. The van der Waals surface area contributed by atoms with Gasteiger partial charge in [-0.3, -0.25) is 9.59 Å². The van der Waals surface area contributed by atoms with E-state index in [-0.39, 0.29) is 23.8 Å². The molecule has 35 heavy (non-hydrogen) atoms. The average Bonchev–Trinajstić information content (AvgIpc) is 2.89. The predicted molar refractivity (Wildman–Crippen MR) is 143 cm³/mol. The summed E-state index contributed by atoms with van der Waals surface area (Å²) in [5, 5.41) is 3.10. The number of hydrogen-bond acceptors (Lipinski definition) is 2. The fourth-order valence-corrected chi connectivity index (χ4v) is 4.42. The lowest BCUT2D eigenvalue weighted by atomic mass is 9.88. The van der Waals surface area contributed by atoms with Crippen molar-refractivity contribution >= 4 is 11.8 Å². The van der Waals surface area contributed by atoms with Crippen LogP contribution in [0.3, 0.4) is 0 Å². The normalized spacial score (nSPS) is 12.7. The fraction of sp³-hybridized carbons (Fsp3) is 0.355. The highest BCUT2D eigenvalue weighted by atomic mass is 16.2. The lowest BCUT2D eigenvalue weighted by molar-refractivity contribution is -0.141. The molecule has 0 bridgehead atoms. The molecule has 0 saturated heterocycles. The van der Waals surface area contributed by atoms with Gasteiger partial charge in [-0.15, -0.1) is 0 Å². The van der Waals surface area contributed by atoms with Gasteiger partial charge in [-0.05, 0) is 48.9 Å². The van der Waals surface area contributed by atoms with E-state index < -0.39 is 6.04 Å². The summed E-state index contributed by atoms with van der Waals surface area (Å²) in [7, 11) is 0. The third-order valence-corrected chi connectivity index (χ3v) is 6.77. The molecule has 0 fully saturated rings. The molecule has 3 rings (SSSR count). The van der Waals surface area contributed by atoms with Gasteiger partial charge in [0.15, 0.2) is 0 Å². The van der Waals surface area contributed by atoms with Gasteiger partial charge in [0.25, 0.3) is 0 Å². The van der Waals surface area contributed by atoms with Gasteiger partial charge in [-0.2, -0.15) is 0 Å². The number of rotatable bonds is 11. The molecule has 184 valence electrons. The first kappa shape index (κ1) is 26.2. The number of carbonyl (C=O) groups excluding carboxylic acids is 2. The largest absolute Gasteiger partial charge is 0.352 e. The predicted octanol–water partition coefficient (Wildman–Crippen LogP) is 6.24. The van der Waals surface area contributed by atoms with Crippen molar-refractivity contribution in [3.63, 3.8) is 0 Å². The third kappa shape index (κ3) is 7.05. The maximum Gasteiger partial charge on any atom is 0.243 e. The zero-order chi connectivity index (χ0) is 25.2. The van der Waals surface area contributed by atoms with E-state index in [0.717, 1.165) is 28.7 Å². The summed E-state index contributed by atoms with van der Waals surface area (Å²) in [5.74, 6) is -0.184. The molecule has 3 aromatic rings. The molecule has 4 heteroatoms. The standard InChI is InChI=1S/C31H38N2O2/c1-5-24(4)32-31(35)29(6-2)33(22-27-20-14-13-15-23(27)3)30(34)21-28(25-16-9-7-10-17-25)26-18-11-8-12-19-26/h7-20,24,28-29H,5-6,21-22H2,1-4H3,(H,32,35)/t24-,29+/m1/s1. The van der Waals surface area contributed by atoms with Crippen LogP contribution >= 0.6 is 0 Å². The van der Waals surface area contributed by atoms with Gasteiger partial charge in [0, 0.05) is 24.9 Å². The number of hydrogen-bond donors (Lipinski definition) is 1. The number of nitrogens with one attached hydrogen (secondary N) is 1. The van der Waals surface area contributed by atoms with E-state index in [1.165, 1.54) is 0 Å². The first-order chi connectivity index (χ1) is 16.9. The minimum atomic E-state index is -0.525. The first-order valence-corrected chi connectivity index (χ1v) is 12.7. The molecule has 2 amide bonds. The van der Waals surface area contributed by atoms with Crippen molar-refractivity contribution < 1.29 is 9.59 Å². The third-order valence-electron chi connectivity index (χ3n) is 6.77. The number of benzene rings is 3. The molecule has 0 aliphatic rings. The van der Waals surface area contributed by atoms with E-state index in [2.05, 4.69) is 42.6 Å². The van der Waals surface area contributed by atoms with Crippen LogP contribution in [0.1, 0.15) is 68.2 Å². The molecule has 0 radical (unpaired) electrons. The van der Waals surface area contributed by atoms with Crippen molar-refractivity contribution in [3.05, 3.63) is 107 Å². The van der Waals surface area contributed by atoms with Gasteiger partial charge < -0.3 is 10.2 Å². The van der Waals surface area contributed by atoms with E-state index in [1.54, 1.807) is 4.90 Å². The van der Waals surface area contributed by atoms with E-state index in [9.17, 15) is 9.59 Å². The highest BCUT2D eigenvalue weighted by Gasteiger charge is 2.31. The van der Waals surface area contributed by atoms with Crippen molar-refractivity contribution in [2.75, 3.05) is 0 Å². The Kier molecular flexibility index (Phi) is 9.66. The molecular weight excluding hydrogens is 432 g/mol. The van der Waals surface area contributed by atoms with Gasteiger partial charge in [0.05, 0.1) is 0 Å². The fourth-order valence-electron chi connectivity index (χ4n) is 4.42. The molecular formula is C31H38N2O2. The van der Waals surface area contributed by atoms with Crippen molar-refractivity contribution in [2.24, 2.45) is 0 Å². The average molecular weight is 471 g/mol. The Bertz CT molecular complexity index is 1040.